The van der Waals surface area contributed by atoms with Crippen LogP contribution in [0.15, 0.2) is 12.1 Å². The van der Waals surface area contributed by atoms with Gasteiger partial charge in [-0.2, -0.15) is 0 Å². The molecule has 0 bridgehead atoms. The van der Waals surface area contributed by atoms with E-state index >= 15 is 0 Å². The molecule has 0 heterocycles. The van der Waals surface area contributed by atoms with Crippen molar-refractivity contribution >= 4 is 29.1 Å². The number of amides is 1. The van der Waals surface area contributed by atoms with Gasteiger partial charge in [0.05, 0.1) is 4.92 Å². The number of nitro benzene ring substituents is 1. The Morgan fingerprint density at radius 2 is 2.00 bits per heavy atom. The third-order valence-electron chi connectivity index (χ3n) is 2.13. The SMILES string of the molecule is Cc1cc([N+](=O)[O-])c(Cl)cc1NC(=O)OC(C)(C)C. The summed E-state index contributed by atoms with van der Waals surface area (Å²) in [6.07, 6.45) is -0.638. The van der Waals surface area contributed by atoms with E-state index in [1.54, 1.807) is 27.7 Å². The molecule has 1 aromatic carbocycles. The Hall–Kier alpha value is -1.82. The third kappa shape index (κ3) is 4.40. The molecule has 104 valence electrons. The monoisotopic (exact) mass is 286 g/mol. The highest BCUT2D eigenvalue weighted by atomic mass is 35.5. The molecule has 0 saturated heterocycles. The van der Waals surface area contributed by atoms with Crippen molar-refractivity contribution in [1.82, 2.24) is 0 Å². The van der Waals surface area contributed by atoms with Crippen LogP contribution in [0.3, 0.4) is 0 Å². The van der Waals surface area contributed by atoms with Crippen molar-refractivity contribution in [2.45, 2.75) is 33.3 Å². The molecule has 0 atom stereocenters. The molecule has 1 N–H and O–H groups in total. The summed E-state index contributed by atoms with van der Waals surface area (Å²) in [6.45, 7) is 6.85. The summed E-state index contributed by atoms with van der Waals surface area (Å²) in [6, 6.07) is 2.63. The van der Waals surface area contributed by atoms with E-state index in [1.165, 1.54) is 12.1 Å². The zero-order chi connectivity index (χ0) is 14.8. The molecule has 0 radical (unpaired) electrons. The minimum atomic E-state index is -0.638. The molecule has 0 spiro atoms. The molecule has 0 unspecified atom stereocenters. The standard InChI is InChI=1S/C12H15ClN2O4/c1-7-5-10(15(17)18)8(13)6-9(7)14-11(16)19-12(2,3)4/h5-6H,1-4H3,(H,14,16). The molecule has 1 aromatic rings. The summed E-state index contributed by atoms with van der Waals surface area (Å²) in [5.74, 6) is 0. The maximum atomic E-state index is 11.6. The first-order valence-corrected chi connectivity index (χ1v) is 5.92. The first-order valence-electron chi connectivity index (χ1n) is 5.54. The zero-order valence-electron chi connectivity index (χ0n) is 11.1. The Bertz CT molecular complexity index is 523. The van der Waals surface area contributed by atoms with Crippen LogP contribution in [0.25, 0.3) is 0 Å². The molecule has 0 aliphatic carbocycles. The van der Waals surface area contributed by atoms with Crippen LogP contribution < -0.4 is 5.32 Å². The van der Waals surface area contributed by atoms with Gasteiger partial charge in [0.15, 0.2) is 0 Å². The molecule has 1 rings (SSSR count). The maximum Gasteiger partial charge on any atom is 0.412 e. The maximum absolute atomic E-state index is 11.6. The predicted molar refractivity (Wildman–Crippen MR) is 72.7 cm³/mol. The summed E-state index contributed by atoms with van der Waals surface area (Å²) >= 11 is 5.78. The van der Waals surface area contributed by atoms with Gasteiger partial charge in [-0.3, -0.25) is 15.4 Å². The number of ether oxygens (including phenoxy) is 1. The zero-order valence-corrected chi connectivity index (χ0v) is 11.9. The summed E-state index contributed by atoms with van der Waals surface area (Å²) in [5, 5.41) is 13.2. The topological polar surface area (TPSA) is 81.5 Å². The number of nitro groups is 1. The van der Waals surface area contributed by atoms with E-state index < -0.39 is 16.6 Å². The van der Waals surface area contributed by atoms with Crippen molar-refractivity contribution in [3.8, 4) is 0 Å². The minimum absolute atomic E-state index is 0.0401. The summed E-state index contributed by atoms with van der Waals surface area (Å²) < 4.78 is 5.09. The highest BCUT2D eigenvalue weighted by molar-refractivity contribution is 6.33. The number of nitrogens with zero attached hydrogens (tertiary/aromatic N) is 1. The number of aryl methyl sites for hydroxylation is 1. The molecule has 6 nitrogen and oxygen atoms in total. The van der Waals surface area contributed by atoms with E-state index in [0.29, 0.717) is 11.3 Å². The van der Waals surface area contributed by atoms with E-state index in [1.807, 2.05) is 0 Å². The number of rotatable bonds is 2. The van der Waals surface area contributed by atoms with Crippen LogP contribution in [-0.4, -0.2) is 16.6 Å². The Labute approximate surface area is 115 Å². The van der Waals surface area contributed by atoms with Crippen LogP contribution in [0.1, 0.15) is 26.3 Å². The molecule has 1 amide bonds. The van der Waals surface area contributed by atoms with Gasteiger partial charge < -0.3 is 4.74 Å². The Balaban J connectivity index is 2.95. The molecule has 0 aromatic heterocycles. The Morgan fingerprint density at radius 1 is 1.42 bits per heavy atom. The van der Waals surface area contributed by atoms with E-state index in [-0.39, 0.29) is 10.7 Å². The van der Waals surface area contributed by atoms with Gasteiger partial charge in [-0.1, -0.05) is 11.6 Å². The highest BCUT2D eigenvalue weighted by Gasteiger charge is 2.19. The Morgan fingerprint density at radius 3 is 2.47 bits per heavy atom. The molecule has 0 saturated carbocycles. The van der Waals surface area contributed by atoms with E-state index in [2.05, 4.69) is 5.32 Å². The molecule has 0 aliphatic heterocycles. The first kappa shape index (κ1) is 15.2. The van der Waals surface area contributed by atoms with Gasteiger partial charge in [0.25, 0.3) is 5.69 Å². The quantitative estimate of drug-likeness (QED) is 0.660. The van der Waals surface area contributed by atoms with Crippen molar-refractivity contribution in [2.24, 2.45) is 0 Å². The van der Waals surface area contributed by atoms with E-state index in [4.69, 9.17) is 16.3 Å². The second-order valence-electron chi connectivity index (χ2n) is 5.00. The number of halogens is 1. The molecule has 7 heteroatoms. The number of hydrogen-bond acceptors (Lipinski definition) is 4. The molecular weight excluding hydrogens is 272 g/mol. The van der Waals surface area contributed by atoms with Gasteiger partial charge in [0.2, 0.25) is 0 Å². The summed E-state index contributed by atoms with van der Waals surface area (Å²) in [5.41, 5.74) is 0.0865. The second kappa shape index (κ2) is 5.44. The lowest BCUT2D eigenvalue weighted by Crippen LogP contribution is -2.27. The van der Waals surface area contributed by atoms with Gasteiger partial charge in [0.1, 0.15) is 10.6 Å². The van der Waals surface area contributed by atoms with Crippen LogP contribution in [0.2, 0.25) is 5.02 Å². The second-order valence-corrected chi connectivity index (χ2v) is 5.41. The van der Waals surface area contributed by atoms with Crippen molar-refractivity contribution in [1.29, 1.82) is 0 Å². The van der Waals surface area contributed by atoms with Crippen molar-refractivity contribution in [3.05, 3.63) is 32.8 Å². The van der Waals surface area contributed by atoms with E-state index in [0.717, 1.165) is 0 Å². The molecular formula is C12H15ClN2O4. The largest absolute Gasteiger partial charge is 0.444 e. The van der Waals surface area contributed by atoms with Crippen molar-refractivity contribution in [2.75, 3.05) is 5.32 Å². The fraction of sp³-hybridized carbons (Fsp3) is 0.417. The normalized spacial score (nSPS) is 11.0. The summed E-state index contributed by atoms with van der Waals surface area (Å²) in [4.78, 5) is 21.7. The van der Waals surface area contributed by atoms with Crippen molar-refractivity contribution in [3.63, 3.8) is 0 Å². The Kier molecular flexibility index (Phi) is 4.36. The van der Waals surface area contributed by atoms with Crippen LogP contribution in [0.4, 0.5) is 16.2 Å². The lowest BCUT2D eigenvalue weighted by Gasteiger charge is -2.20. The predicted octanol–water partition coefficient (Wildman–Crippen LogP) is 3.90. The smallest absolute Gasteiger partial charge is 0.412 e. The van der Waals surface area contributed by atoms with Crippen LogP contribution in [0.5, 0.6) is 0 Å². The number of carbonyl (C=O) groups is 1. The number of hydrogen-bond donors (Lipinski definition) is 1. The number of benzene rings is 1. The van der Waals surface area contributed by atoms with Gasteiger partial charge in [-0.05, 0) is 39.3 Å². The van der Waals surface area contributed by atoms with E-state index in [9.17, 15) is 14.9 Å². The number of anilines is 1. The average molecular weight is 287 g/mol. The fourth-order valence-corrected chi connectivity index (χ4v) is 1.59. The van der Waals surface area contributed by atoms with Gasteiger partial charge in [-0.25, -0.2) is 4.79 Å². The van der Waals surface area contributed by atoms with Crippen molar-refractivity contribution < 1.29 is 14.5 Å². The summed E-state index contributed by atoms with van der Waals surface area (Å²) in [7, 11) is 0. The molecule has 0 fully saturated rings. The first-order chi connectivity index (χ1) is 8.60. The lowest BCUT2D eigenvalue weighted by molar-refractivity contribution is -0.384. The van der Waals surface area contributed by atoms with Crippen LogP contribution in [0, 0.1) is 17.0 Å². The fourth-order valence-electron chi connectivity index (χ4n) is 1.35. The highest BCUT2D eigenvalue weighted by Crippen LogP contribution is 2.30. The third-order valence-corrected chi connectivity index (χ3v) is 2.43. The van der Waals surface area contributed by atoms with Crippen LogP contribution in [-0.2, 0) is 4.74 Å². The lowest BCUT2D eigenvalue weighted by atomic mass is 10.2. The van der Waals surface area contributed by atoms with Gasteiger partial charge in [-0.15, -0.1) is 0 Å². The average Bonchev–Trinajstić information content (AvgIpc) is 2.19. The minimum Gasteiger partial charge on any atom is -0.444 e. The van der Waals surface area contributed by atoms with Gasteiger partial charge >= 0.3 is 6.09 Å². The van der Waals surface area contributed by atoms with Crippen LogP contribution >= 0.6 is 11.6 Å². The van der Waals surface area contributed by atoms with Gasteiger partial charge in [0, 0.05) is 11.8 Å². The molecule has 0 aliphatic rings. The number of nitrogens with one attached hydrogen (secondary N) is 1. The number of carbonyl (C=O) groups excluding carboxylic acids is 1. The molecule has 19 heavy (non-hydrogen) atoms.